The zero-order valence-electron chi connectivity index (χ0n) is 18.2. The maximum Gasteiger partial charge on any atom is 0.231 e. The van der Waals surface area contributed by atoms with Gasteiger partial charge < -0.3 is 18.6 Å². The molecule has 7 nitrogen and oxygen atoms in total. The molecule has 4 heterocycles. The molecular formula is C23H30ClN3O4. The minimum Gasteiger partial charge on any atom is -0.454 e. The second-order valence-electron chi connectivity index (χ2n) is 8.71. The van der Waals surface area contributed by atoms with Crippen molar-refractivity contribution in [3.8, 4) is 23.0 Å². The molecule has 1 atom stereocenters. The predicted octanol–water partition coefficient (Wildman–Crippen LogP) is 3.96. The highest BCUT2D eigenvalue weighted by Crippen LogP contribution is 2.41. The molecule has 0 N–H and O–H groups in total. The molecule has 1 aromatic carbocycles. The molecule has 31 heavy (non-hydrogen) atoms. The number of morpholine rings is 1. The largest absolute Gasteiger partial charge is 0.454 e. The topological polar surface area (TPSA) is 60.2 Å². The Morgan fingerprint density at radius 1 is 1.10 bits per heavy atom. The van der Waals surface area contributed by atoms with Gasteiger partial charge in [0.25, 0.3) is 0 Å². The summed E-state index contributed by atoms with van der Waals surface area (Å²) in [4.78, 5) is 9.85. The van der Waals surface area contributed by atoms with E-state index in [1.807, 2.05) is 13.0 Å². The molecule has 5 rings (SSSR count). The normalized spacial score (nSPS) is 21.5. The van der Waals surface area contributed by atoms with Gasteiger partial charge in [-0.05, 0) is 51.8 Å². The van der Waals surface area contributed by atoms with E-state index in [9.17, 15) is 0 Å². The van der Waals surface area contributed by atoms with Gasteiger partial charge in [0.1, 0.15) is 5.76 Å². The summed E-state index contributed by atoms with van der Waals surface area (Å²) in [6.07, 6.45) is 2.44. The number of halogens is 1. The number of oxazole rings is 1. The maximum atomic E-state index is 6.45. The van der Waals surface area contributed by atoms with E-state index < -0.39 is 0 Å². The maximum absolute atomic E-state index is 6.45. The molecule has 1 aromatic heterocycles. The molecule has 0 aliphatic carbocycles. The Kier molecular flexibility index (Phi) is 6.10. The summed E-state index contributed by atoms with van der Waals surface area (Å²) in [6.45, 7) is 11.4. The van der Waals surface area contributed by atoms with Crippen molar-refractivity contribution in [1.29, 1.82) is 0 Å². The van der Waals surface area contributed by atoms with Crippen molar-refractivity contribution in [3.05, 3.63) is 28.6 Å². The third-order valence-corrected chi connectivity index (χ3v) is 7.21. The van der Waals surface area contributed by atoms with Crippen molar-refractivity contribution >= 4 is 11.6 Å². The zero-order valence-corrected chi connectivity index (χ0v) is 19.0. The zero-order chi connectivity index (χ0) is 21.4. The van der Waals surface area contributed by atoms with Crippen LogP contribution in [-0.2, 0) is 11.3 Å². The van der Waals surface area contributed by atoms with Gasteiger partial charge in [-0.25, -0.2) is 4.98 Å². The van der Waals surface area contributed by atoms with Crippen LogP contribution >= 0.6 is 11.6 Å². The highest BCUT2D eigenvalue weighted by atomic mass is 35.5. The Hall–Kier alpha value is -1.80. The van der Waals surface area contributed by atoms with Gasteiger partial charge in [0.05, 0.1) is 29.5 Å². The summed E-state index contributed by atoms with van der Waals surface area (Å²) in [6, 6.07) is 4.23. The number of benzene rings is 1. The predicted molar refractivity (Wildman–Crippen MR) is 118 cm³/mol. The summed E-state index contributed by atoms with van der Waals surface area (Å²) in [5.41, 5.74) is 1.71. The van der Waals surface area contributed by atoms with Crippen LogP contribution in [-0.4, -0.2) is 67.0 Å². The summed E-state index contributed by atoms with van der Waals surface area (Å²) in [7, 11) is 0. The molecule has 0 bridgehead atoms. The molecule has 3 aliphatic heterocycles. The van der Waals surface area contributed by atoms with E-state index in [0.29, 0.717) is 28.5 Å². The molecular weight excluding hydrogens is 418 g/mol. The van der Waals surface area contributed by atoms with Crippen LogP contribution < -0.4 is 9.47 Å². The summed E-state index contributed by atoms with van der Waals surface area (Å²) >= 11 is 6.45. The molecule has 1 unspecified atom stereocenters. The van der Waals surface area contributed by atoms with Crippen LogP contribution in [0.15, 0.2) is 16.5 Å². The first-order valence-electron chi connectivity index (χ1n) is 11.2. The van der Waals surface area contributed by atoms with E-state index in [1.165, 1.54) is 12.8 Å². The van der Waals surface area contributed by atoms with Crippen LogP contribution in [0.25, 0.3) is 11.5 Å². The molecule has 3 aliphatic rings. The second-order valence-corrected chi connectivity index (χ2v) is 9.12. The standard InChI is InChI=1S/C23H30ClN3O4/c1-15(27-7-9-28-10-8-27)17-3-5-26(6-4-17)13-20-16(2)31-23(25-20)18-11-21-22(12-19(18)24)30-14-29-21/h11-12,15,17H,3-10,13-14H2,1-2H3. The Balaban J connectivity index is 1.22. The Morgan fingerprint density at radius 2 is 1.81 bits per heavy atom. The molecule has 2 aromatic rings. The lowest BCUT2D eigenvalue weighted by Crippen LogP contribution is -2.48. The highest BCUT2D eigenvalue weighted by Gasteiger charge is 2.29. The molecule has 0 saturated carbocycles. The van der Waals surface area contributed by atoms with Gasteiger partial charge in [-0.2, -0.15) is 0 Å². The van der Waals surface area contributed by atoms with E-state index in [4.69, 9.17) is 35.2 Å². The quantitative estimate of drug-likeness (QED) is 0.687. The van der Waals surface area contributed by atoms with Gasteiger partial charge >= 0.3 is 0 Å². The molecule has 0 radical (unpaired) electrons. The van der Waals surface area contributed by atoms with E-state index in [2.05, 4.69) is 16.7 Å². The SMILES string of the molecule is Cc1oc(-c2cc3c(cc2Cl)OCO3)nc1CN1CCC(C(C)N2CCOCC2)CC1. The fraction of sp³-hybridized carbons (Fsp3) is 0.609. The number of ether oxygens (including phenoxy) is 3. The van der Waals surface area contributed by atoms with Crippen molar-refractivity contribution in [2.24, 2.45) is 5.92 Å². The summed E-state index contributed by atoms with van der Waals surface area (Å²) < 4.78 is 22.4. The summed E-state index contributed by atoms with van der Waals surface area (Å²) in [5, 5.41) is 0.551. The van der Waals surface area contributed by atoms with Gasteiger partial charge in [0.15, 0.2) is 11.5 Å². The average molecular weight is 448 g/mol. The number of rotatable bonds is 5. The molecule has 0 amide bonds. The lowest BCUT2D eigenvalue weighted by molar-refractivity contribution is -0.00199. The van der Waals surface area contributed by atoms with Gasteiger partial charge in [-0.1, -0.05) is 11.6 Å². The molecule has 2 fully saturated rings. The first-order valence-corrected chi connectivity index (χ1v) is 11.6. The number of aromatic nitrogens is 1. The van der Waals surface area contributed by atoms with E-state index in [1.54, 1.807) is 6.07 Å². The van der Waals surface area contributed by atoms with E-state index in [0.717, 1.165) is 68.9 Å². The number of hydrogen-bond donors (Lipinski definition) is 0. The Morgan fingerprint density at radius 3 is 2.55 bits per heavy atom. The van der Waals surface area contributed by atoms with E-state index >= 15 is 0 Å². The Bertz CT molecular complexity index is 920. The first-order chi connectivity index (χ1) is 15.1. The molecule has 0 spiro atoms. The minimum atomic E-state index is 0.213. The third-order valence-electron chi connectivity index (χ3n) is 6.89. The first kappa shape index (κ1) is 21.1. The van der Waals surface area contributed by atoms with Crippen molar-refractivity contribution in [3.63, 3.8) is 0 Å². The molecule has 8 heteroatoms. The van der Waals surface area contributed by atoms with Crippen LogP contribution in [0.1, 0.15) is 31.2 Å². The number of piperidine rings is 1. The van der Waals surface area contributed by atoms with Gasteiger partial charge in [0.2, 0.25) is 12.7 Å². The number of fused-ring (bicyclic) bond motifs is 1. The van der Waals surface area contributed by atoms with Crippen molar-refractivity contribution in [1.82, 2.24) is 14.8 Å². The number of nitrogens with zero attached hydrogens (tertiary/aromatic N) is 3. The number of hydrogen-bond acceptors (Lipinski definition) is 7. The third kappa shape index (κ3) is 4.42. The fourth-order valence-corrected chi connectivity index (χ4v) is 5.09. The van der Waals surface area contributed by atoms with Crippen LogP contribution in [0.3, 0.4) is 0 Å². The highest BCUT2D eigenvalue weighted by molar-refractivity contribution is 6.33. The van der Waals surface area contributed by atoms with Crippen molar-refractivity contribution in [2.75, 3.05) is 46.2 Å². The van der Waals surface area contributed by atoms with Crippen LogP contribution in [0.2, 0.25) is 5.02 Å². The van der Waals surface area contributed by atoms with Crippen LogP contribution in [0.5, 0.6) is 11.5 Å². The monoisotopic (exact) mass is 447 g/mol. The van der Waals surface area contributed by atoms with E-state index in [-0.39, 0.29) is 6.79 Å². The lowest BCUT2D eigenvalue weighted by Gasteiger charge is -2.40. The number of aryl methyl sites for hydroxylation is 1. The van der Waals surface area contributed by atoms with Crippen molar-refractivity contribution < 1.29 is 18.6 Å². The van der Waals surface area contributed by atoms with Crippen molar-refractivity contribution in [2.45, 2.75) is 39.3 Å². The van der Waals surface area contributed by atoms with Crippen LogP contribution in [0.4, 0.5) is 0 Å². The number of likely N-dealkylation sites (tertiary alicyclic amines) is 1. The lowest BCUT2D eigenvalue weighted by atomic mass is 9.89. The molecule has 168 valence electrons. The summed E-state index contributed by atoms with van der Waals surface area (Å²) in [5.74, 6) is 3.45. The van der Waals surface area contributed by atoms with Gasteiger partial charge in [0, 0.05) is 31.7 Å². The smallest absolute Gasteiger partial charge is 0.231 e. The fourth-order valence-electron chi connectivity index (χ4n) is 4.86. The van der Waals surface area contributed by atoms with Gasteiger partial charge in [-0.15, -0.1) is 0 Å². The van der Waals surface area contributed by atoms with Crippen LogP contribution in [0, 0.1) is 12.8 Å². The van der Waals surface area contributed by atoms with Gasteiger partial charge in [-0.3, -0.25) is 9.80 Å². The average Bonchev–Trinajstić information content (AvgIpc) is 3.39. The molecule has 2 saturated heterocycles. The minimum absolute atomic E-state index is 0.213. The Labute approximate surface area is 188 Å². The second kappa shape index (κ2) is 8.98.